The fraction of sp³-hybridized carbons (Fsp3) is 0.583. The molecule has 1 saturated heterocycles. The van der Waals surface area contributed by atoms with Gasteiger partial charge in [-0.05, 0) is 31.8 Å². The van der Waals surface area contributed by atoms with Gasteiger partial charge in [0.15, 0.2) is 0 Å². The van der Waals surface area contributed by atoms with E-state index in [9.17, 15) is 19.5 Å². The van der Waals surface area contributed by atoms with Crippen molar-refractivity contribution in [2.45, 2.75) is 32.3 Å². The average molecular weight is 252 g/mol. The Labute approximate surface area is 105 Å². The van der Waals surface area contributed by atoms with Gasteiger partial charge in [-0.25, -0.2) is 4.79 Å². The number of amides is 4. The number of rotatable bonds is 1. The van der Waals surface area contributed by atoms with E-state index in [2.05, 4.69) is 5.32 Å². The number of aliphatic hydroxyl groups is 1. The fourth-order valence-corrected chi connectivity index (χ4v) is 2.43. The molecule has 0 unspecified atom stereocenters. The monoisotopic (exact) mass is 252 g/mol. The van der Waals surface area contributed by atoms with Crippen LogP contribution in [0, 0.1) is 5.41 Å². The Morgan fingerprint density at radius 2 is 2.11 bits per heavy atom. The van der Waals surface area contributed by atoms with Gasteiger partial charge >= 0.3 is 6.03 Å². The van der Waals surface area contributed by atoms with Crippen molar-refractivity contribution in [2.24, 2.45) is 5.41 Å². The van der Waals surface area contributed by atoms with Gasteiger partial charge in [0.25, 0.3) is 0 Å². The molecule has 0 radical (unpaired) electrons. The molecular weight excluding hydrogens is 236 g/mol. The van der Waals surface area contributed by atoms with E-state index in [0.29, 0.717) is 18.4 Å². The van der Waals surface area contributed by atoms with Crippen LogP contribution < -0.4 is 5.32 Å². The quantitative estimate of drug-likeness (QED) is 0.514. The molecule has 0 saturated carbocycles. The van der Waals surface area contributed by atoms with E-state index in [1.807, 2.05) is 0 Å². The number of imide groups is 2. The summed E-state index contributed by atoms with van der Waals surface area (Å²) in [5, 5.41) is 11.8. The largest absolute Gasteiger partial charge is 0.389 e. The molecule has 98 valence electrons. The van der Waals surface area contributed by atoms with Crippen LogP contribution in [0.2, 0.25) is 0 Å². The molecular formula is C12H16N2O4. The molecule has 1 aliphatic carbocycles. The molecule has 18 heavy (non-hydrogen) atoms. The third-order valence-corrected chi connectivity index (χ3v) is 3.69. The molecule has 0 aromatic rings. The van der Waals surface area contributed by atoms with Crippen molar-refractivity contribution in [3.05, 3.63) is 11.6 Å². The molecule has 0 aromatic carbocycles. The van der Waals surface area contributed by atoms with E-state index >= 15 is 0 Å². The molecule has 0 spiro atoms. The zero-order valence-electron chi connectivity index (χ0n) is 10.4. The van der Waals surface area contributed by atoms with E-state index in [-0.39, 0.29) is 0 Å². The highest BCUT2D eigenvalue weighted by Gasteiger charge is 2.51. The lowest BCUT2D eigenvalue weighted by molar-refractivity contribution is -0.146. The minimum Gasteiger partial charge on any atom is -0.389 e. The first-order valence-electron chi connectivity index (χ1n) is 5.90. The number of nitrogens with one attached hydrogen (secondary N) is 1. The zero-order chi connectivity index (χ0) is 13.5. The van der Waals surface area contributed by atoms with Gasteiger partial charge in [-0.3, -0.25) is 19.8 Å². The van der Waals surface area contributed by atoms with Crippen LogP contribution in [0.5, 0.6) is 0 Å². The van der Waals surface area contributed by atoms with Crippen LogP contribution >= 0.6 is 0 Å². The van der Waals surface area contributed by atoms with E-state index in [1.165, 1.54) is 14.0 Å². The maximum atomic E-state index is 12.2. The molecule has 1 fully saturated rings. The third-order valence-electron chi connectivity index (χ3n) is 3.69. The van der Waals surface area contributed by atoms with E-state index in [1.54, 1.807) is 6.08 Å². The van der Waals surface area contributed by atoms with Gasteiger partial charge < -0.3 is 5.11 Å². The predicted molar refractivity (Wildman–Crippen MR) is 62.4 cm³/mol. The molecule has 4 amide bonds. The minimum atomic E-state index is -1.38. The van der Waals surface area contributed by atoms with Crippen LogP contribution in [0.1, 0.15) is 26.2 Å². The average Bonchev–Trinajstić information content (AvgIpc) is 2.34. The number of barbiturate groups is 1. The first kappa shape index (κ1) is 12.8. The molecule has 1 heterocycles. The summed E-state index contributed by atoms with van der Waals surface area (Å²) in [5.74, 6) is -1.16. The van der Waals surface area contributed by atoms with Crippen molar-refractivity contribution >= 4 is 17.8 Å². The maximum absolute atomic E-state index is 12.2. The summed E-state index contributed by atoms with van der Waals surface area (Å²) in [6.45, 7) is 1.50. The summed E-state index contributed by atoms with van der Waals surface area (Å²) in [6.07, 6.45) is 2.86. The summed E-state index contributed by atoms with van der Waals surface area (Å²) in [7, 11) is 1.34. The number of urea groups is 1. The summed E-state index contributed by atoms with van der Waals surface area (Å²) in [5.41, 5.74) is -0.799. The first-order valence-corrected chi connectivity index (χ1v) is 5.90. The van der Waals surface area contributed by atoms with Gasteiger partial charge in [-0.1, -0.05) is 6.08 Å². The summed E-state index contributed by atoms with van der Waals surface area (Å²) < 4.78 is 0. The highest BCUT2D eigenvalue weighted by Crippen LogP contribution is 2.37. The standard InChI is InChI=1S/C12H16N2O4/c1-12(7-4-3-5-8(15)6-7)9(16)13-11(18)14(2)10(12)17/h6,8,15H,3-5H2,1-2H3,(H,13,16,18)/t8-,12+/m1/s1. The van der Waals surface area contributed by atoms with Gasteiger partial charge in [0.05, 0.1) is 6.10 Å². The molecule has 1 aliphatic heterocycles. The van der Waals surface area contributed by atoms with Gasteiger partial charge in [-0.2, -0.15) is 0 Å². The van der Waals surface area contributed by atoms with E-state index < -0.39 is 29.4 Å². The van der Waals surface area contributed by atoms with Crippen LogP contribution in [0.3, 0.4) is 0 Å². The lowest BCUT2D eigenvalue weighted by atomic mass is 9.74. The molecule has 2 atom stereocenters. The van der Waals surface area contributed by atoms with Crippen molar-refractivity contribution in [1.29, 1.82) is 0 Å². The number of carbonyl (C=O) groups excluding carboxylic acids is 3. The second kappa shape index (κ2) is 4.20. The Bertz CT molecular complexity index is 457. The summed E-state index contributed by atoms with van der Waals surface area (Å²) >= 11 is 0. The molecule has 6 heteroatoms. The normalized spacial score (nSPS) is 33.3. The van der Waals surface area contributed by atoms with E-state index in [4.69, 9.17) is 0 Å². The molecule has 6 nitrogen and oxygen atoms in total. The maximum Gasteiger partial charge on any atom is 0.330 e. The van der Waals surface area contributed by atoms with Gasteiger partial charge in [0.2, 0.25) is 11.8 Å². The van der Waals surface area contributed by atoms with Crippen LogP contribution in [0.4, 0.5) is 4.79 Å². The van der Waals surface area contributed by atoms with Gasteiger partial charge in [0, 0.05) is 7.05 Å². The Balaban J connectivity index is 2.42. The second-order valence-electron chi connectivity index (χ2n) is 4.90. The summed E-state index contributed by atoms with van der Waals surface area (Å²) in [6, 6.07) is -0.709. The number of aliphatic hydroxyl groups excluding tert-OH is 1. The van der Waals surface area contributed by atoms with Crippen molar-refractivity contribution in [2.75, 3.05) is 7.05 Å². The SMILES string of the molecule is CN1C(=O)NC(=O)[C@](C)(C2=C[C@H](O)CCC2)C1=O. The molecule has 0 bridgehead atoms. The van der Waals surface area contributed by atoms with Crippen molar-refractivity contribution in [1.82, 2.24) is 10.2 Å². The topological polar surface area (TPSA) is 86.7 Å². The van der Waals surface area contributed by atoms with Gasteiger partial charge in [0.1, 0.15) is 5.41 Å². The Hall–Kier alpha value is -1.69. The Kier molecular flexibility index (Phi) is 2.98. The number of nitrogens with zero attached hydrogens (tertiary/aromatic N) is 1. The van der Waals surface area contributed by atoms with Crippen LogP contribution in [0.15, 0.2) is 11.6 Å². The van der Waals surface area contributed by atoms with Gasteiger partial charge in [-0.15, -0.1) is 0 Å². The molecule has 2 rings (SSSR count). The highest BCUT2D eigenvalue weighted by molar-refractivity contribution is 6.20. The van der Waals surface area contributed by atoms with Crippen molar-refractivity contribution in [3.63, 3.8) is 0 Å². The van der Waals surface area contributed by atoms with E-state index in [0.717, 1.165) is 11.3 Å². The lowest BCUT2D eigenvalue weighted by Crippen LogP contribution is -2.62. The van der Waals surface area contributed by atoms with Crippen LogP contribution in [-0.4, -0.2) is 41.0 Å². The Morgan fingerprint density at radius 3 is 2.72 bits per heavy atom. The lowest BCUT2D eigenvalue weighted by Gasteiger charge is -2.38. The Morgan fingerprint density at radius 1 is 1.44 bits per heavy atom. The smallest absolute Gasteiger partial charge is 0.330 e. The fourth-order valence-electron chi connectivity index (χ4n) is 2.43. The number of carbonyl (C=O) groups is 3. The van der Waals surface area contributed by atoms with Crippen LogP contribution in [0.25, 0.3) is 0 Å². The predicted octanol–water partition coefficient (Wildman–Crippen LogP) is 0.172. The number of hydrogen-bond acceptors (Lipinski definition) is 4. The van der Waals surface area contributed by atoms with Crippen molar-refractivity contribution < 1.29 is 19.5 Å². The molecule has 0 aromatic heterocycles. The molecule has 2 N–H and O–H groups in total. The third kappa shape index (κ3) is 1.73. The highest BCUT2D eigenvalue weighted by atomic mass is 16.3. The first-order chi connectivity index (χ1) is 8.37. The molecule has 2 aliphatic rings. The minimum absolute atomic E-state index is 0.545. The summed E-state index contributed by atoms with van der Waals surface area (Å²) in [4.78, 5) is 36.4. The van der Waals surface area contributed by atoms with Crippen molar-refractivity contribution in [3.8, 4) is 0 Å². The number of hydrogen-bond donors (Lipinski definition) is 2. The second-order valence-corrected chi connectivity index (χ2v) is 4.90. The zero-order valence-corrected chi connectivity index (χ0v) is 10.4. The van der Waals surface area contributed by atoms with Crippen LogP contribution in [-0.2, 0) is 9.59 Å².